The summed E-state index contributed by atoms with van der Waals surface area (Å²) in [5.74, 6) is -0.313. The third kappa shape index (κ3) is 10.0. The summed E-state index contributed by atoms with van der Waals surface area (Å²) in [6.45, 7) is 0.609. The first-order valence-electron chi connectivity index (χ1n) is 6.20. The Kier molecular flexibility index (Phi) is 10.3. The number of primary amides is 1. The smallest absolute Gasteiger partial charge is 0.219 e. The van der Waals surface area contributed by atoms with Crippen molar-refractivity contribution < 1.29 is 19.1 Å². The lowest BCUT2D eigenvalue weighted by Gasteiger charge is -2.13. The van der Waals surface area contributed by atoms with E-state index in [0.29, 0.717) is 32.2 Å². The van der Waals surface area contributed by atoms with Gasteiger partial charge in [-0.2, -0.15) is 0 Å². The maximum Gasteiger partial charge on any atom is 0.219 e. The van der Waals surface area contributed by atoms with Crippen molar-refractivity contribution in [1.82, 2.24) is 5.32 Å². The van der Waals surface area contributed by atoms with Crippen LogP contribution in [0.2, 0.25) is 0 Å². The van der Waals surface area contributed by atoms with Crippen LogP contribution in [0.25, 0.3) is 0 Å². The van der Waals surface area contributed by atoms with Crippen molar-refractivity contribution >= 4 is 11.8 Å². The normalized spacial score (nSPS) is 10.6. The lowest BCUT2D eigenvalue weighted by Crippen LogP contribution is -2.25. The number of ether oxygens (including phenoxy) is 2. The van der Waals surface area contributed by atoms with Crippen LogP contribution >= 0.6 is 0 Å². The quantitative estimate of drug-likeness (QED) is 0.419. The molecule has 0 aliphatic carbocycles. The van der Waals surface area contributed by atoms with E-state index >= 15 is 0 Å². The second kappa shape index (κ2) is 11.0. The summed E-state index contributed by atoms with van der Waals surface area (Å²) in [4.78, 5) is 21.9. The molecule has 3 N–H and O–H groups in total. The molecule has 0 unspecified atom stereocenters. The minimum atomic E-state index is -0.319. The first-order chi connectivity index (χ1) is 8.60. The van der Waals surface area contributed by atoms with Crippen molar-refractivity contribution in [1.29, 1.82) is 0 Å². The molecule has 0 heterocycles. The van der Waals surface area contributed by atoms with Crippen molar-refractivity contribution in [2.45, 2.75) is 44.8 Å². The van der Waals surface area contributed by atoms with Gasteiger partial charge in [0.05, 0.1) is 0 Å². The predicted molar refractivity (Wildman–Crippen MR) is 67.7 cm³/mol. The van der Waals surface area contributed by atoms with Crippen LogP contribution in [-0.4, -0.2) is 38.9 Å². The molecule has 0 rings (SSSR count). The fourth-order valence-electron chi connectivity index (χ4n) is 1.50. The third-order valence-electron chi connectivity index (χ3n) is 2.54. The highest BCUT2D eigenvalue weighted by atomic mass is 16.7. The molecule has 0 aromatic heterocycles. The molecule has 0 bridgehead atoms. The van der Waals surface area contributed by atoms with Crippen molar-refractivity contribution in [3.63, 3.8) is 0 Å². The van der Waals surface area contributed by atoms with Gasteiger partial charge < -0.3 is 20.5 Å². The minimum Gasteiger partial charge on any atom is -0.370 e. The average Bonchev–Trinajstić information content (AvgIpc) is 2.34. The van der Waals surface area contributed by atoms with E-state index in [-0.39, 0.29) is 18.1 Å². The number of carbonyl (C=O) groups excluding carboxylic acids is 2. The Morgan fingerprint density at radius 3 is 2.28 bits per heavy atom. The Balaban J connectivity index is 3.39. The van der Waals surface area contributed by atoms with E-state index in [1.54, 1.807) is 14.2 Å². The van der Waals surface area contributed by atoms with Gasteiger partial charge in [0.1, 0.15) is 0 Å². The van der Waals surface area contributed by atoms with Gasteiger partial charge in [-0.25, -0.2) is 0 Å². The number of hydrogen-bond acceptors (Lipinski definition) is 4. The van der Waals surface area contributed by atoms with Crippen LogP contribution in [0.1, 0.15) is 38.5 Å². The summed E-state index contributed by atoms with van der Waals surface area (Å²) >= 11 is 0. The summed E-state index contributed by atoms with van der Waals surface area (Å²) in [5, 5.41) is 2.81. The van der Waals surface area contributed by atoms with Gasteiger partial charge in [0.2, 0.25) is 11.8 Å². The fraction of sp³-hybridized carbons (Fsp3) is 0.833. The van der Waals surface area contributed by atoms with Crippen LogP contribution in [0.15, 0.2) is 0 Å². The summed E-state index contributed by atoms with van der Waals surface area (Å²) < 4.78 is 10.1. The third-order valence-corrected chi connectivity index (χ3v) is 2.54. The van der Waals surface area contributed by atoms with E-state index in [9.17, 15) is 9.59 Å². The Morgan fingerprint density at radius 1 is 1.11 bits per heavy atom. The van der Waals surface area contributed by atoms with Crippen molar-refractivity contribution in [3.05, 3.63) is 0 Å². The molecular formula is C12H24N2O4. The topological polar surface area (TPSA) is 90.6 Å². The Hall–Kier alpha value is -1.14. The summed E-state index contributed by atoms with van der Waals surface area (Å²) in [6.07, 6.45) is 3.47. The van der Waals surface area contributed by atoms with Crippen LogP contribution in [0.5, 0.6) is 0 Å². The van der Waals surface area contributed by atoms with E-state index in [1.165, 1.54) is 0 Å². The van der Waals surface area contributed by atoms with Crippen LogP contribution in [0.4, 0.5) is 0 Å². The Bertz CT molecular complexity index is 242. The number of nitrogens with two attached hydrogens (primary N) is 1. The number of carbonyl (C=O) groups is 2. The van der Waals surface area contributed by atoms with Gasteiger partial charge >= 0.3 is 0 Å². The molecule has 0 aliphatic rings. The van der Waals surface area contributed by atoms with Gasteiger partial charge in [0, 0.05) is 40.0 Å². The largest absolute Gasteiger partial charge is 0.370 e. The molecule has 6 nitrogen and oxygen atoms in total. The van der Waals surface area contributed by atoms with Gasteiger partial charge in [0.25, 0.3) is 0 Å². The van der Waals surface area contributed by atoms with E-state index in [2.05, 4.69) is 5.32 Å². The van der Waals surface area contributed by atoms with Crippen LogP contribution < -0.4 is 11.1 Å². The zero-order valence-corrected chi connectivity index (χ0v) is 11.2. The first kappa shape index (κ1) is 16.9. The maximum atomic E-state index is 11.4. The second-order valence-electron chi connectivity index (χ2n) is 4.07. The molecule has 6 heteroatoms. The molecule has 0 spiro atoms. The zero-order valence-electron chi connectivity index (χ0n) is 11.2. The minimum absolute atomic E-state index is 0.00542. The molecule has 0 aromatic rings. The molecular weight excluding hydrogens is 236 g/mol. The molecule has 0 radical (unpaired) electrons. The molecule has 0 fully saturated rings. The Labute approximate surface area is 108 Å². The summed E-state index contributed by atoms with van der Waals surface area (Å²) in [7, 11) is 3.18. The van der Waals surface area contributed by atoms with E-state index in [0.717, 1.165) is 12.8 Å². The molecule has 0 saturated carbocycles. The highest BCUT2D eigenvalue weighted by Crippen LogP contribution is 2.02. The monoisotopic (exact) mass is 260 g/mol. The lowest BCUT2D eigenvalue weighted by molar-refractivity contribution is -0.122. The SMILES string of the molecule is COC(CCCNC(=O)CCCCC(N)=O)OC. The van der Waals surface area contributed by atoms with Crippen molar-refractivity contribution in [2.24, 2.45) is 5.73 Å². The van der Waals surface area contributed by atoms with Crippen LogP contribution in [0, 0.1) is 0 Å². The lowest BCUT2D eigenvalue weighted by atomic mass is 10.2. The van der Waals surface area contributed by atoms with Gasteiger partial charge in [-0.05, 0) is 19.3 Å². The second-order valence-corrected chi connectivity index (χ2v) is 4.07. The Morgan fingerprint density at radius 2 is 1.72 bits per heavy atom. The summed E-state index contributed by atoms with van der Waals surface area (Å²) in [5.41, 5.74) is 5.00. The summed E-state index contributed by atoms with van der Waals surface area (Å²) in [6, 6.07) is 0. The predicted octanol–water partition coefficient (Wildman–Crippen LogP) is 0.547. The van der Waals surface area contributed by atoms with Crippen LogP contribution in [0.3, 0.4) is 0 Å². The van der Waals surface area contributed by atoms with Gasteiger partial charge in [0.15, 0.2) is 6.29 Å². The number of methoxy groups -OCH3 is 2. The van der Waals surface area contributed by atoms with Gasteiger partial charge in [-0.3, -0.25) is 9.59 Å². The molecule has 0 aromatic carbocycles. The number of nitrogens with one attached hydrogen (secondary N) is 1. The van der Waals surface area contributed by atoms with Gasteiger partial charge in [-0.15, -0.1) is 0 Å². The highest BCUT2D eigenvalue weighted by molar-refractivity contribution is 5.76. The standard InChI is InChI=1S/C12H24N2O4/c1-17-12(18-2)8-5-9-14-11(16)7-4-3-6-10(13)15/h12H,3-9H2,1-2H3,(H2,13,15)(H,14,16). The van der Waals surface area contributed by atoms with Gasteiger partial charge in [-0.1, -0.05) is 0 Å². The molecule has 18 heavy (non-hydrogen) atoms. The van der Waals surface area contributed by atoms with E-state index < -0.39 is 0 Å². The van der Waals surface area contributed by atoms with Crippen molar-refractivity contribution in [3.8, 4) is 0 Å². The molecule has 0 aliphatic heterocycles. The zero-order chi connectivity index (χ0) is 13.8. The van der Waals surface area contributed by atoms with Crippen LogP contribution in [-0.2, 0) is 19.1 Å². The highest BCUT2D eigenvalue weighted by Gasteiger charge is 2.05. The molecule has 106 valence electrons. The first-order valence-corrected chi connectivity index (χ1v) is 6.20. The average molecular weight is 260 g/mol. The molecule has 2 amide bonds. The maximum absolute atomic E-state index is 11.4. The molecule has 0 saturated heterocycles. The van der Waals surface area contributed by atoms with E-state index in [4.69, 9.17) is 15.2 Å². The van der Waals surface area contributed by atoms with E-state index in [1.807, 2.05) is 0 Å². The number of amides is 2. The number of unbranched alkanes of at least 4 members (excludes halogenated alkanes) is 1. The molecule has 0 atom stereocenters. The number of hydrogen-bond donors (Lipinski definition) is 2. The number of rotatable bonds is 11. The fourth-order valence-corrected chi connectivity index (χ4v) is 1.50. The van der Waals surface area contributed by atoms with Crippen molar-refractivity contribution in [2.75, 3.05) is 20.8 Å².